The van der Waals surface area contributed by atoms with E-state index in [1.54, 1.807) is 0 Å². The van der Waals surface area contributed by atoms with Crippen molar-refractivity contribution >= 4 is 11.6 Å². The number of nitrogens with zero attached hydrogens (tertiary/aromatic N) is 2. The van der Waals surface area contributed by atoms with Crippen molar-refractivity contribution in [2.24, 2.45) is 5.92 Å². The summed E-state index contributed by atoms with van der Waals surface area (Å²) in [6, 6.07) is 5.51. The molecule has 0 radical (unpaired) electrons. The van der Waals surface area contributed by atoms with Crippen LogP contribution in [0.2, 0.25) is 0 Å². The van der Waals surface area contributed by atoms with E-state index in [0.717, 1.165) is 19.3 Å². The summed E-state index contributed by atoms with van der Waals surface area (Å²) in [6.07, 6.45) is -1.53. The van der Waals surface area contributed by atoms with Crippen molar-refractivity contribution in [2.45, 2.75) is 31.9 Å². The summed E-state index contributed by atoms with van der Waals surface area (Å²) in [6.45, 7) is 0. The lowest BCUT2D eigenvalue weighted by Crippen LogP contribution is -2.14. The maximum Gasteiger partial charge on any atom is 0.471 e. The number of hydrogen-bond donors (Lipinski definition) is 0. The largest absolute Gasteiger partial charge is 0.471 e. The quantitative estimate of drug-likeness (QED) is 0.593. The zero-order valence-electron chi connectivity index (χ0n) is 12.5. The van der Waals surface area contributed by atoms with Crippen molar-refractivity contribution in [3.63, 3.8) is 0 Å². The zero-order valence-corrected chi connectivity index (χ0v) is 12.5. The second kappa shape index (κ2) is 6.18. The summed E-state index contributed by atoms with van der Waals surface area (Å²) >= 11 is 0. The molecule has 1 aromatic heterocycles. The Labute approximate surface area is 134 Å². The normalized spacial score (nSPS) is 14.6. The fourth-order valence-electron chi connectivity index (χ4n) is 2.24. The Bertz CT molecular complexity index is 762. The minimum absolute atomic E-state index is 0.194. The maximum atomic E-state index is 12.4. The Morgan fingerprint density at radius 2 is 1.83 bits per heavy atom. The Kier molecular flexibility index (Phi) is 4.21. The third-order valence-electron chi connectivity index (χ3n) is 3.80. The number of aromatic nitrogens is 2. The number of carbonyl (C=O) groups excluding carboxylic acids is 2. The molecule has 1 heterocycles. The smallest absolute Gasteiger partial charge is 0.329 e. The Morgan fingerprint density at radius 3 is 2.38 bits per heavy atom. The number of alkyl halides is 3. The fraction of sp³-hybridized carbons (Fsp3) is 0.375. The minimum Gasteiger partial charge on any atom is -0.329 e. The Morgan fingerprint density at radius 1 is 1.17 bits per heavy atom. The standard InChI is InChI=1S/C16H13F3N2O3/c17-16(18,19)15-20-14(21-24-15)11-6-4-10(5-7-11)13(23)12(22)8-3-9-1-2-9/h4-7,9H,1-3,8H2. The number of hydrogen-bond acceptors (Lipinski definition) is 5. The maximum absolute atomic E-state index is 12.4. The molecule has 5 nitrogen and oxygen atoms in total. The lowest BCUT2D eigenvalue weighted by molar-refractivity contribution is -0.159. The molecule has 1 aliphatic rings. The first-order chi connectivity index (χ1) is 11.3. The van der Waals surface area contributed by atoms with Crippen LogP contribution in [0.1, 0.15) is 41.9 Å². The molecule has 3 rings (SSSR count). The van der Waals surface area contributed by atoms with Gasteiger partial charge in [0.2, 0.25) is 17.4 Å². The molecular weight excluding hydrogens is 325 g/mol. The molecule has 8 heteroatoms. The number of carbonyl (C=O) groups is 2. The monoisotopic (exact) mass is 338 g/mol. The number of Topliss-reactive ketones (excluding diaryl/α,β-unsaturated/α-hetero) is 2. The average molecular weight is 338 g/mol. The van der Waals surface area contributed by atoms with Crippen LogP contribution >= 0.6 is 0 Å². The molecule has 2 aromatic rings. The topological polar surface area (TPSA) is 73.1 Å². The highest BCUT2D eigenvalue weighted by Crippen LogP contribution is 2.33. The van der Waals surface area contributed by atoms with E-state index in [0.29, 0.717) is 5.92 Å². The highest BCUT2D eigenvalue weighted by atomic mass is 19.4. The second-order valence-corrected chi connectivity index (χ2v) is 5.73. The zero-order chi connectivity index (χ0) is 17.3. The van der Waals surface area contributed by atoms with E-state index in [1.807, 2.05) is 0 Å². The van der Waals surface area contributed by atoms with Crippen molar-refractivity contribution in [3.8, 4) is 11.4 Å². The van der Waals surface area contributed by atoms with Gasteiger partial charge < -0.3 is 4.52 Å². The molecule has 0 spiro atoms. The van der Waals surface area contributed by atoms with Crippen LogP contribution in [0.5, 0.6) is 0 Å². The molecule has 0 bridgehead atoms. The number of rotatable bonds is 6. The molecule has 0 unspecified atom stereocenters. The molecule has 0 saturated heterocycles. The number of benzene rings is 1. The van der Waals surface area contributed by atoms with Gasteiger partial charge in [0.1, 0.15) is 0 Å². The minimum atomic E-state index is -4.71. The molecule has 0 amide bonds. The van der Waals surface area contributed by atoms with Crippen LogP contribution < -0.4 is 0 Å². The molecule has 0 atom stereocenters. The van der Waals surface area contributed by atoms with Gasteiger partial charge in [-0.25, -0.2) is 0 Å². The van der Waals surface area contributed by atoms with E-state index in [-0.39, 0.29) is 23.4 Å². The van der Waals surface area contributed by atoms with Crippen LogP contribution in [0.3, 0.4) is 0 Å². The predicted molar refractivity (Wildman–Crippen MR) is 76.0 cm³/mol. The summed E-state index contributed by atoms with van der Waals surface area (Å²) in [5, 5.41) is 3.26. The van der Waals surface area contributed by atoms with Crippen molar-refractivity contribution in [2.75, 3.05) is 0 Å². The van der Waals surface area contributed by atoms with Gasteiger partial charge in [0.05, 0.1) is 0 Å². The van der Waals surface area contributed by atoms with Crippen LogP contribution in [0.15, 0.2) is 28.8 Å². The fourth-order valence-corrected chi connectivity index (χ4v) is 2.24. The van der Waals surface area contributed by atoms with Gasteiger partial charge in [0.15, 0.2) is 0 Å². The van der Waals surface area contributed by atoms with E-state index in [9.17, 15) is 22.8 Å². The van der Waals surface area contributed by atoms with E-state index < -0.39 is 23.6 Å². The van der Waals surface area contributed by atoms with Gasteiger partial charge in [-0.1, -0.05) is 42.3 Å². The third kappa shape index (κ3) is 3.69. The predicted octanol–water partition coefficient (Wildman–Crippen LogP) is 3.70. The van der Waals surface area contributed by atoms with E-state index in [2.05, 4.69) is 14.7 Å². The highest BCUT2D eigenvalue weighted by Gasteiger charge is 2.38. The molecule has 1 aromatic carbocycles. The Hall–Kier alpha value is -2.51. The molecule has 0 aliphatic heterocycles. The van der Waals surface area contributed by atoms with Crippen LogP contribution in [-0.2, 0) is 11.0 Å². The van der Waals surface area contributed by atoms with Crippen LogP contribution in [0.25, 0.3) is 11.4 Å². The van der Waals surface area contributed by atoms with Gasteiger partial charge in [-0.15, -0.1) is 0 Å². The van der Waals surface area contributed by atoms with Gasteiger partial charge in [0.25, 0.3) is 0 Å². The van der Waals surface area contributed by atoms with Gasteiger partial charge in [-0.2, -0.15) is 18.2 Å². The van der Waals surface area contributed by atoms with Crippen molar-refractivity contribution < 1.29 is 27.3 Å². The van der Waals surface area contributed by atoms with E-state index in [4.69, 9.17) is 0 Å². The van der Waals surface area contributed by atoms with Gasteiger partial charge in [-0.05, 0) is 12.3 Å². The summed E-state index contributed by atoms with van der Waals surface area (Å²) in [7, 11) is 0. The average Bonchev–Trinajstić information content (AvgIpc) is 3.24. The first-order valence-electron chi connectivity index (χ1n) is 7.43. The molecule has 1 fully saturated rings. The molecular formula is C16H13F3N2O3. The summed E-state index contributed by atoms with van der Waals surface area (Å²) in [5.74, 6) is -2.15. The number of ketones is 2. The molecule has 126 valence electrons. The van der Waals surface area contributed by atoms with Crippen LogP contribution in [0, 0.1) is 5.92 Å². The van der Waals surface area contributed by atoms with Crippen molar-refractivity contribution in [3.05, 3.63) is 35.7 Å². The van der Waals surface area contributed by atoms with Crippen molar-refractivity contribution in [1.82, 2.24) is 10.1 Å². The Balaban J connectivity index is 1.69. The molecule has 24 heavy (non-hydrogen) atoms. The summed E-state index contributed by atoms with van der Waals surface area (Å²) < 4.78 is 41.4. The lowest BCUT2D eigenvalue weighted by Gasteiger charge is -2.01. The molecule has 0 N–H and O–H groups in total. The summed E-state index contributed by atoms with van der Waals surface area (Å²) in [5.41, 5.74) is 0.454. The van der Waals surface area contributed by atoms with E-state index >= 15 is 0 Å². The highest BCUT2D eigenvalue weighted by molar-refractivity contribution is 6.43. The van der Waals surface area contributed by atoms with Crippen LogP contribution in [0.4, 0.5) is 13.2 Å². The summed E-state index contributed by atoms with van der Waals surface area (Å²) in [4.78, 5) is 27.1. The van der Waals surface area contributed by atoms with Crippen LogP contribution in [-0.4, -0.2) is 21.7 Å². The first kappa shape index (κ1) is 16.4. The van der Waals surface area contributed by atoms with Gasteiger partial charge >= 0.3 is 12.1 Å². The first-order valence-corrected chi connectivity index (χ1v) is 7.43. The SMILES string of the molecule is O=C(CCC1CC1)C(=O)c1ccc(-c2noc(C(F)(F)F)n2)cc1. The van der Waals surface area contributed by atoms with Gasteiger partial charge in [0, 0.05) is 17.5 Å². The number of halogens is 3. The van der Waals surface area contributed by atoms with Gasteiger partial charge in [-0.3, -0.25) is 9.59 Å². The molecule has 1 aliphatic carbocycles. The van der Waals surface area contributed by atoms with E-state index in [1.165, 1.54) is 24.3 Å². The second-order valence-electron chi connectivity index (χ2n) is 5.73. The van der Waals surface area contributed by atoms with Crippen molar-refractivity contribution in [1.29, 1.82) is 0 Å². The lowest BCUT2D eigenvalue weighted by atomic mass is 10.0. The third-order valence-corrected chi connectivity index (χ3v) is 3.80. The molecule has 1 saturated carbocycles.